The molecule has 8 heteroatoms. The van der Waals surface area contributed by atoms with E-state index in [1.54, 1.807) is 12.1 Å². The second-order valence-corrected chi connectivity index (χ2v) is 5.86. The highest BCUT2D eigenvalue weighted by atomic mass is 32.1. The minimum absolute atomic E-state index is 0.0427. The SMILES string of the molecule is Cc1cc(C)cc(OCC(=O)NNC(=S)NC(=O)C=Cc2ccco2)c1. The van der Waals surface area contributed by atoms with Crippen molar-refractivity contribution in [1.82, 2.24) is 16.2 Å². The zero-order valence-electron chi connectivity index (χ0n) is 14.4. The first-order valence-electron chi connectivity index (χ1n) is 7.75. The Morgan fingerprint density at radius 3 is 2.58 bits per heavy atom. The van der Waals surface area contributed by atoms with Gasteiger partial charge in [0.15, 0.2) is 11.7 Å². The summed E-state index contributed by atoms with van der Waals surface area (Å²) in [5, 5.41) is 2.34. The van der Waals surface area contributed by atoms with E-state index in [0.717, 1.165) is 11.1 Å². The number of hydrogen-bond donors (Lipinski definition) is 3. The number of hydrogen-bond acceptors (Lipinski definition) is 5. The van der Waals surface area contributed by atoms with Gasteiger partial charge < -0.3 is 9.15 Å². The van der Waals surface area contributed by atoms with Crippen molar-refractivity contribution in [3.05, 3.63) is 59.6 Å². The molecule has 0 fully saturated rings. The van der Waals surface area contributed by atoms with Gasteiger partial charge in [-0.1, -0.05) is 6.07 Å². The van der Waals surface area contributed by atoms with E-state index in [1.807, 2.05) is 32.0 Å². The molecule has 2 rings (SSSR count). The minimum Gasteiger partial charge on any atom is -0.484 e. The minimum atomic E-state index is -0.459. The second-order valence-electron chi connectivity index (χ2n) is 5.45. The van der Waals surface area contributed by atoms with E-state index in [1.165, 1.54) is 18.4 Å². The highest BCUT2D eigenvalue weighted by Gasteiger charge is 2.06. The third-order valence-corrected chi connectivity index (χ3v) is 3.26. The van der Waals surface area contributed by atoms with Crippen LogP contribution in [0.5, 0.6) is 5.75 Å². The normalized spacial score (nSPS) is 10.4. The molecule has 0 aliphatic rings. The topological polar surface area (TPSA) is 92.6 Å². The van der Waals surface area contributed by atoms with Crippen molar-refractivity contribution >= 4 is 35.2 Å². The summed E-state index contributed by atoms with van der Waals surface area (Å²) in [6, 6.07) is 9.10. The summed E-state index contributed by atoms with van der Waals surface area (Å²) in [6.07, 6.45) is 4.26. The molecule has 0 unspecified atom stereocenters. The summed E-state index contributed by atoms with van der Waals surface area (Å²) in [4.78, 5) is 23.4. The number of thiocarbonyl (C=S) groups is 1. The van der Waals surface area contributed by atoms with Crippen LogP contribution in [0, 0.1) is 13.8 Å². The van der Waals surface area contributed by atoms with E-state index in [-0.39, 0.29) is 11.7 Å². The lowest BCUT2D eigenvalue weighted by Crippen LogP contribution is -2.49. The van der Waals surface area contributed by atoms with Gasteiger partial charge in [-0.05, 0) is 67.5 Å². The zero-order valence-corrected chi connectivity index (χ0v) is 15.2. The Morgan fingerprint density at radius 1 is 1.19 bits per heavy atom. The van der Waals surface area contributed by atoms with E-state index in [2.05, 4.69) is 16.2 Å². The molecule has 0 aliphatic heterocycles. The molecule has 1 aromatic heterocycles. The summed E-state index contributed by atoms with van der Waals surface area (Å²) in [6.45, 7) is 3.71. The zero-order chi connectivity index (χ0) is 18.9. The van der Waals surface area contributed by atoms with Crippen LogP contribution in [-0.2, 0) is 9.59 Å². The van der Waals surface area contributed by atoms with Gasteiger partial charge in [0.1, 0.15) is 11.5 Å². The van der Waals surface area contributed by atoms with Crippen molar-refractivity contribution < 1.29 is 18.7 Å². The van der Waals surface area contributed by atoms with E-state index in [9.17, 15) is 9.59 Å². The predicted octanol–water partition coefficient (Wildman–Crippen LogP) is 2.01. The number of benzene rings is 1. The summed E-state index contributed by atoms with van der Waals surface area (Å²) < 4.78 is 10.5. The van der Waals surface area contributed by atoms with E-state index >= 15 is 0 Å². The number of amides is 2. The largest absolute Gasteiger partial charge is 0.484 e. The Kier molecular flexibility index (Phi) is 6.92. The van der Waals surface area contributed by atoms with Crippen molar-refractivity contribution in [2.75, 3.05) is 6.61 Å². The lowest BCUT2D eigenvalue weighted by molar-refractivity contribution is -0.123. The average Bonchev–Trinajstić information content (AvgIpc) is 3.09. The summed E-state index contributed by atoms with van der Waals surface area (Å²) in [5.41, 5.74) is 6.87. The van der Waals surface area contributed by atoms with Crippen molar-refractivity contribution in [3.8, 4) is 5.75 Å². The molecular weight excluding hydrogens is 354 g/mol. The van der Waals surface area contributed by atoms with Crippen LogP contribution in [0.25, 0.3) is 6.08 Å². The molecule has 2 aromatic rings. The van der Waals surface area contributed by atoms with Gasteiger partial charge in [-0.25, -0.2) is 0 Å². The van der Waals surface area contributed by atoms with Crippen LogP contribution in [0.15, 0.2) is 47.1 Å². The Balaban J connectivity index is 1.69. The van der Waals surface area contributed by atoms with E-state index in [4.69, 9.17) is 21.4 Å². The summed E-state index contributed by atoms with van der Waals surface area (Å²) in [5.74, 6) is 0.249. The third kappa shape index (κ3) is 6.78. The molecule has 0 aliphatic carbocycles. The van der Waals surface area contributed by atoms with Gasteiger partial charge in [-0.3, -0.25) is 25.8 Å². The van der Waals surface area contributed by atoms with Gasteiger partial charge >= 0.3 is 0 Å². The van der Waals surface area contributed by atoms with Crippen LogP contribution < -0.4 is 20.9 Å². The molecule has 1 heterocycles. The number of rotatable bonds is 5. The van der Waals surface area contributed by atoms with Crippen molar-refractivity contribution in [2.24, 2.45) is 0 Å². The van der Waals surface area contributed by atoms with Crippen molar-refractivity contribution in [1.29, 1.82) is 0 Å². The number of carbonyl (C=O) groups excluding carboxylic acids is 2. The first kappa shape index (κ1) is 19.2. The Labute approximate surface area is 156 Å². The molecule has 1 aromatic carbocycles. The predicted molar refractivity (Wildman–Crippen MR) is 101 cm³/mol. The summed E-state index contributed by atoms with van der Waals surface area (Å²) >= 11 is 4.92. The highest BCUT2D eigenvalue weighted by Crippen LogP contribution is 2.15. The number of aryl methyl sites for hydroxylation is 2. The maximum Gasteiger partial charge on any atom is 0.276 e. The quantitative estimate of drug-likeness (QED) is 0.422. The molecule has 0 saturated heterocycles. The van der Waals surface area contributed by atoms with Crippen LogP contribution in [0.1, 0.15) is 16.9 Å². The Bertz CT molecular complexity index is 796. The lowest BCUT2D eigenvalue weighted by atomic mass is 10.1. The number of furan rings is 1. The molecule has 0 saturated carbocycles. The molecular formula is C18H19N3O4S. The fraction of sp³-hybridized carbons (Fsp3) is 0.167. The van der Waals surface area contributed by atoms with E-state index in [0.29, 0.717) is 11.5 Å². The van der Waals surface area contributed by atoms with Crippen LogP contribution in [0.4, 0.5) is 0 Å². The maximum absolute atomic E-state index is 11.8. The first-order valence-corrected chi connectivity index (χ1v) is 8.15. The van der Waals surface area contributed by atoms with Crippen LogP contribution in [0.3, 0.4) is 0 Å². The van der Waals surface area contributed by atoms with Gasteiger partial charge in [-0.15, -0.1) is 0 Å². The summed E-state index contributed by atoms with van der Waals surface area (Å²) in [7, 11) is 0. The standard InChI is InChI=1S/C18H19N3O4S/c1-12-8-13(2)10-15(9-12)25-11-17(23)20-21-18(26)19-16(22)6-5-14-4-3-7-24-14/h3-10H,11H2,1-2H3,(H,20,23)(H2,19,21,22,26). The van der Waals surface area contributed by atoms with Crippen LogP contribution >= 0.6 is 12.2 Å². The number of carbonyl (C=O) groups is 2. The third-order valence-electron chi connectivity index (χ3n) is 3.06. The first-order chi connectivity index (χ1) is 12.4. The van der Waals surface area contributed by atoms with Crippen LogP contribution in [-0.4, -0.2) is 23.5 Å². The number of ether oxygens (including phenoxy) is 1. The molecule has 0 atom stereocenters. The van der Waals surface area contributed by atoms with Crippen LogP contribution in [0.2, 0.25) is 0 Å². The Hall–Kier alpha value is -3.13. The highest BCUT2D eigenvalue weighted by molar-refractivity contribution is 7.80. The molecule has 0 spiro atoms. The fourth-order valence-electron chi connectivity index (χ4n) is 2.06. The second kappa shape index (κ2) is 9.38. The van der Waals surface area contributed by atoms with Crippen molar-refractivity contribution in [2.45, 2.75) is 13.8 Å². The molecule has 0 bridgehead atoms. The molecule has 136 valence electrons. The lowest BCUT2D eigenvalue weighted by Gasteiger charge is -2.11. The number of nitrogens with one attached hydrogen (secondary N) is 3. The average molecular weight is 373 g/mol. The maximum atomic E-state index is 11.8. The van der Waals surface area contributed by atoms with E-state index < -0.39 is 11.8 Å². The molecule has 7 nitrogen and oxygen atoms in total. The molecule has 2 amide bonds. The van der Waals surface area contributed by atoms with Gasteiger partial charge in [0.05, 0.1) is 6.26 Å². The van der Waals surface area contributed by atoms with Gasteiger partial charge in [0.25, 0.3) is 5.91 Å². The monoisotopic (exact) mass is 373 g/mol. The fourth-order valence-corrected chi connectivity index (χ4v) is 2.21. The molecule has 3 N–H and O–H groups in total. The number of hydrazine groups is 1. The Morgan fingerprint density at radius 2 is 1.92 bits per heavy atom. The van der Waals surface area contributed by atoms with Gasteiger partial charge in [0.2, 0.25) is 5.91 Å². The van der Waals surface area contributed by atoms with Crippen molar-refractivity contribution in [3.63, 3.8) is 0 Å². The van der Waals surface area contributed by atoms with Gasteiger partial charge in [0, 0.05) is 6.08 Å². The smallest absolute Gasteiger partial charge is 0.276 e. The van der Waals surface area contributed by atoms with Gasteiger partial charge in [-0.2, -0.15) is 0 Å². The molecule has 26 heavy (non-hydrogen) atoms. The molecule has 0 radical (unpaired) electrons.